The standard InChI is InChI=1S/C61H92O6/c1-4-7-10-13-16-19-22-25-27-29-30-32-33-36-39-42-45-48-51-54-60(63)66-57-58(56-65-59(62)53-50-47-44-41-38-35-24-21-18-15-12-9-6-3)67-61(64)55-52-49-46-43-40-37-34-31-28-26-23-20-17-14-11-8-5-2/h7-8,10-11,13,16-17,19-20,22,25-30,32-39,43,46,58H,4-6,9,12,14-15,18,21,23-24,31,40-42,44-45,47-57H2,1-3H3/b10-7-,11-8-,16-13-,20-17-,22-19-,27-25-,28-26-,30-29+,33-32-,37-34-,38-35-,39-36-,46-43-. The average molecular weight is 921 g/mol. The van der Waals surface area contributed by atoms with Crippen LogP contribution in [0, 0.1) is 0 Å². The minimum Gasteiger partial charge on any atom is -0.462 e. The molecule has 0 aromatic heterocycles. The molecule has 0 aliphatic heterocycles. The number of esters is 3. The van der Waals surface area contributed by atoms with Gasteiger partial charge in [-0.25, -0.2) is 0 Å². The zero-order chi connectivity index (χ0) is 48.6. The third-order valence-electron chi connectivity index (χ3n) is 10.2. The minimum absolute atomic E-state index is 0.131. The Morgan fingerprint density at radius 2 is 0.672 bits per heavy atom. The molecule has 1 unspecified atom stereocenters. The molecule has 0 N–H and O–H groups in total. The second-order valence-electron chi connectivity index (χ2n) is 16.5. The number of rotatable bonds is 44. The van der Waals surface area contributed by atoms with Crippen molar-refractivity contribution in [2.45, 2.75) is 194 Å². The largest absolute Gasteiger partial charge is 0.462 e. The summed E-state index contributed by atoms with van der Waals surface area (Å²) >= 11 is 0. The first-order valence-corrected chi connectivity index (χ1v) is 26.1. The molecule has 0 heterocycles. The van der Waals surface area contributed by atoms with Gasteiger partial charge in [-0.15, -0.1) is 0 Å². The summed E-state index contributed by atoms with van der Waals surface area (Å²) in [5.74, 6) is -1.06. The van der Waals surface area contributed by atoms with E-state index in [1.54, 1.807) is 0 Å². The molecule has 0 bridgehead atoms. The smallest absolute Gasteiger partial charge is 0.306 e. The monoisotopic (exact) mass is 921 g/mol. The molecular formula is C61H92O6. The summed E-state index contributed by atoms with van der Waals surface area (Å²) in [7, 11) is 0. The van der Waals surface area contributed by atoms with E-state index in [9.17, 15) is 14.4 Å². The van der Waals surface area contributed by atoms with Gasteiger partial charge in [0.1, 0.15) is 13.2 Å². The van der Waals surface area contributed by atoms with E-state index >= 15 is 0 Å². The van der Waals surface area contributed by atoms with Crippen LogP contribution in [0.25, 0.3) is 0 Å². The summed E-state index contributed by atoms with van der Waals surface area (Å²) in [6, 6.07) is 0. The van der Waals surface area contributed by atoms with Crippen molar-refractivity contribution in [3.05, 3.63) is 158 Å². The molecule has 0 aromatic rings. The lowest BCUT2D eigenvalue weighted by Gasteiger charge is -2.18. The van der Waals surface area contributed by atoms with Crippen molar-refractivity contribution >= 4 is 17.9 Å². The van der Waals surface area contributed by atoms with E-state index < -0.39 is 12.1 Å². The predicted octanol–water partition coefficient (Wildman–Crippen LogP) is 17.4. The molecule has 0 fully saturated rings. The highest BCUT2D eigenvalue weighted by molar-refractivity contribution is 5.71. The lowest BCUT2D eigenvalue weighted by Crippen LogP contribution is -2.30. The maximum absolute atomic E-state index is 12.8. The molecule has 1 atom stereocenters. The van der Waals surface area contributed by atoms with E-state index in [0.29, 0.717) is 19.3 Å². The molecule has 67 heavy (non-hydrogen) atoms. The van der Waals surface area contributed by atoms with Crippen molar-refractivity contribution in [1.29, 1.82) is 0 Å². The third kappa shape index (κ3) is 51.9. The van der Waals surface area contributed by atoms with Gasteiger partial charge in [-0.05, 0) is 103 Å². The van der Waals surface area contributed by atoms with Crippen LogP contribution in [-0.4, -0.2) is 37.2 Å². The van der Waals surface area contributed by atoms with Gasteiger partial charge in [0.05, 0.1) is 0 Å². The van der Waals surface area contributed by atoms with Crippen LogP contribution >= 0.6 is 0 Å². The summed E-state index contributed by atoms with van der Waals surface area (Å²) in [6.45, 7) is 6.24. The Kier molecular flexibility index (Phi) is 49.7. The van der Waals surface area contributed by atoms with Gasteiger partial charge in [-0.1, -0.05) is 224 Å². The van der Waals surface area contributed by atoms with Gasteiger partial charge >= 0.3 is 17.9 Å². The van der Waals surface area contributed by atoms with Gasteiger partial charge in [0.2, 0.25) is 0 Å². The third-order valence-corrected chi connectivity index (χ3v) is 10.2. The first-order chi connectivity index (χ1) is 33.0. The molecule has 6 nitrogen and oxygen atoms in total. The van der Waals surface area contributed by atoms with Gasteiger partial charge in [0, 0.05) is 19.3 Å². The van der Waals surface area contributed by atoms with Crippen LogP contribution in [0.2, 0.25) is 0 Å². The Balaban J connectivity index is 4.64. The molecule has 0 aliphatic carbocycles. The van der Waals surface area contributed by atoms with Gasteiger partial charge in [-0.3, -0.25) is 14.4 Å². The average Bonchev–Trinajstić information content (AvgIpc) is 3.33. The molecule has 0 amide bonds. The lowest BCUT2D eigenvalue weighted by atomic mass is 10.1. The molecular weight excluding hydrogens is 829 g/mol. The van der Waals surface area contributed by atoms with E-state index in [4.69, 9.17) is 14.2 Å². The molecule has 0 saturated heterocycles. The van der Waals surface area contributed by atoms with Gasteiger partial charge < -0.3 is 14.2 Å². The maximum Gasteiger partial charge on any atom is 0.306 e. The van der Waals surface area contributed by atoms with Crippen LogP contribution in [0.3, 0.4) is 0 Å². The molecule has 0 spiro atoms. The fourth-order valence-electron chi connectivity index (χ4n) is 6.34. The molecule has 0 saturated carbocycles. The van der Waals surface area contributed by atoms with Crippen LogP contribution in [0.15, 0.2) is 158 Å². The highest BCUT2D eigenvalue weighted by Crippen LogP contribution is 2.11. The summed E-state index contributed by atoms with van der Waals surface area (Å²) in [5.41, 5.74) is 0. The molecule has 372 valence electrons. The molecule has 0 rings (SSSR count). The van der Waals surface area contributed by atoms with Crippen molar-refractivity contribution in [2.24, 2.45) is 0 Å². The summed E-state index contributed by atoms with van der Waals surface area (Å²) in [4.78, 5) is 38.0. The highest BCUT2D eigenvalue weighted by atomic mass is 16.6. The van der Waals surface area contributed by atoms with Crippen LogP contribution in [0.4, 0.5) is 0 Å². The fourth-order valence-corrected chi connectivity index (χ4v) is 6.34. The second kappa shape index (κ2) is 53.6. The summed E-state index contributed by atoms with van der Waals surface area (Å²) < 4.78 is 16.7. The fraction of sp³-hybridized carbons (Fsp3) is 0.525. The van der Waals surface area contributed by atoms with Crippen molar-refractivity contribution in [3.63, 3.8) is 0 Å². The number of hydrogen-bond acceptors (Lipinski definition) is 6. The van der Waals surface area contributed by atoms with E-state index in [0.717, 1.165) is 96.3 Å². The lowest BCUT2D eigenvalue weighted by molar-refractivity contribution is -0.167. The van der Waals surface area contributed by atoms with E-state index in [1.165, 1.54) is 38.5 Å². The van der Waals surface area contributed by atoms with Crippen molar-refractivity contribution < 1.29 is 28.6 Å². The zero-order valence-corrected chi connectivity index (χ0v) is 42.3. The van der Waals surface area contributed by atoms with Crippen LogP contribution < -0.4 is 0 Å². The van der Waals surface area contributed by atoms with E-state index in [1.807, 2.05) is 72.9 Å². The van der Waals surface area contributed by atoms with E-state index in [-0.39, 0.29) is 38.0 Å². The number of ether oxygens (including phenoxy) is 3. The van der Waals surface area contributed by atoms with E-state index in [2.05, 4.69) is 106 Å². The molecule has 0 aliphatic rings. The van der Waals surface area contributed by atoms with Gasteiger partial charge in [-0.2, -0.15) is 0 Å². The van der Waals surface area contributed by atoms with Gasteiger partial charge in [0.15, 0.2) is 6.10 Å². The number of allylic oxidation sites excluding steroid dienone is 26. The second-order valence-corrected chi connectivity index (χ2v) is 16.5. The summed E-state index contributed by atoms with van der Waals surface area (Å²) in [5, 5.41) is 0. The SMILES string of the molecule is CC\C=C/C=C\C=C/C=C\C=C\C=C/C=C\CCCCCC(=O)OCC(COC(=O)CCCCC/C=C\CCCCCCCC)OC(=O)CCC/C=C\C/C=C\C/C=C\C/C=C\C/C=C\CC. The Bertz CT molecular complexity index is 1570. The van der Waals surface area contributed by atoms with Crippen LogP contribution in [-0.2, 0) is 28.6 Å². The van der Waals surface area contributed by atoms with Crippen LogP contribution in [0.5, 0.6) is 0 Å². The normalized spacial score (nSPS) is 13.4. The quantitative estimate of drug-likeness (QED) is 0.0199. The topological polar surface area (TPSA) is 78.9 Å². The Hall–Kier alpha value is -4.97. The predicted molar refractivity (Wildman–Crippen MR) is 288 cm³/mol. The zero-order valence-electron chi connectivity index (χ0n) is 42.3. The molecule has 6 heteroatoms. The Morgan fingerprint density at radius 3 is 1.15 bits per heavy atom. The molecule has 0 aromatic carbocycles. The van der Waals surface area contributed by atoms with Crippen molar-refractivity contribution in [1.82, 2.24) is 0 Å². The minimum atomic E-state index is -0.841. The highest BCUT2D eigenvalue weighted by Gasteiger charge is 2.19. The first-order valence-electron chi connectivity index (χ1n) is 26.1. The van der Waals surface area contributed by atoms with Crippen molar-refractivity contribution in [2.75, 3.05) is 13.2 Å². The number of hydrogen-bond donors (Lipinski definition) is 0. The van der Waals surface area contributed by atoms with Crippen LogP contribution in [0.1, 0.15) is 188 Å². The summed E-state index contributed by atoms with van der Waals surface area (Å²) in [6.07, 6.45) is 78.0. The molecule has 0 radical (unpaired) electrons. The van der Waals surface area contributed by atoms with Gasteiger partial charge in [0.25, 0.3) is 0 Å². The van der Waals surface area contributed by atoms with Crippen molar-refractivity contribution in [3.8, 4) is 0 Å². The Labute approximate surface area is 409 Å². The maximum atomic E-state index is 12.8. The Morgan fingerprint density at radius 1 is 0.328 bits per heavy atom. The number of carbonyl (C=O) groups excluding carboxylic acids is 3. The number of unbranched alkanes of at least 4 members (excludes halogenated alkanes) is 13. The first kappa shape index (κ1) is 62.0. The number of carbonyl (C=O) groups is 3.